The number of aromatic nitrogens is 2. The van der Waals surface area contributed by atoms with Crippen LogP contribution in [0.15, 0.2) is 55.0 Å². The van der Waals surface area contributed by atoms with Crippen molar-refractivity contribution in [3.05, 3.63) is 60.6 Å². The first kappa shape index (κ1) is 12.4. The predicted octanol–water partition coefficient (Wildman–Crippen LogP) is 3.31. The molecule has 2 aromatic heterocycles. The molecule has 3 aromatic rings. The van der Waals surface area contributed by atoms with Gasteiger partial charge >= 0.3 is 0 Å². The Morgan fingerprint density at radius 2 is 1.95 bits per heavy atom. The molecule has 4 heteroatoms. The first-order valence-electron chi connectivity index (χ1n) is 6.52. The normalized spacial score (nSPS) is 12.2. The SMILES string of the molecule is CC(C(=O)Nc1c[nH]c2ccccc12)c1ccncc1. The number of fused-ring (bicyclic) bond motifs is 1. The van der Waals surface area contributed by atoms with E-state index in [4.69, 9.17) is 0 Å². The van der Waals surface area contributed by atoms with Gasteiger partial charge in [-0.3, -0.25) is 9.78 Å². The predicted molar refractivity (Wildman–Crippen MR) is 79.6 cm³/mol. The van der Waals surface area contributed by atoms with Gasteiger partial charge in [0.2, 0.25) is 5.91 Å². The van der Waals surface area contributed by atoms with Gasteiger partial charge in [0, 0.05) is 29.5 Å². The van der Waals surface area contributed by atoms with Crippen LogP contribution in [0.4, 0.5) is 5.69 Å². The second-order valence-corrected chi connectivity index (χ2v) is 4.74. The number of carbonyl (C=O) groups excluding carboxylic acids is 1. The zero-order valence-corrected chi connectivity index (χ0v) is 11.1. The molecule has 1 aromatic carbocycles. The van der Waals surface area contributed by atoms with Crippen molar-refractivity contribution in [2.45, 2.75) is 12.8 Å². The van der Waals surface area contributed by atoms with Gasteiger partial charge in [-0.1, -0.05) is 18.2 Å². The molecular formula is C16H15N3O. The third-order valence-electron chi connectivity index (χ3n) is 3.45. The Balaban J connectivity index is 1.82. The molecule has 0 aliphatic heterocycles. The number of benzene rings is 1. The van der Waals surface area contributed by atoms with Crippen molar-refractivity contribution < 1.29 is 4.79 Å². The number of anilines is 1. The maximum absolute atomic E-state index is 12.3. The first-order valence-corrected chi connectivity index (χ1v) is 6.52. The molecule has 0 fully saturated rings. The van der Waals surface area contributed by atoms with E-state index in [1.165, 1.54) is 0 Å². The Hall–Kier alpha value is -2.62. The highest BCUT2D eigenvalue weighted by Crippen LogP contribution is 2.24. The highest BCUT2D eigenvalue weighted by Gasteiger charge is 2.16. The first-order chi connectivity index (χ1) is 9.75. The van der Waals surface area contributed by atoms with Crippen LogP contribution in [-0.4, -0.2) is 15.9 Å². The van der Waals surface area contributed by atoms with Crippen LogP contribution in [0.5, 0.6) is 0 Å². The molecule has 4 nitrogen and oxygen atoms in total. The topological polar surface area (TPSA) is 57.8 Å². The summed E-state index contributed by atoms with van der Waals surface area (Å²) in [7, 11) is 0. The van der Waals surface area contributed by atoms with E-state index in [0.717, 1.165) is 22.2 Å². The lowest BCUT2D eigenvalue weighted by Crippen LogP contribution is -2.18. The molecule has 20 heavy (non-hydrogen) atoms. The van der Waals surface area contributed by atoms with Crippen molar-refractivity contribution in [2.75, 3.05) is 5.32 Å². The number of hydrogen-bond acceptors (Lipinski definition) is 2. The molecule has 0 radical (unpaired) electrons. The summed E-state index contributed by atoms with van der Waals surface area (Å²) in [6.45, 7) is 1.89. The van der Waals surface area contributed by atoms with Crippen LogP contribution in [0.2, 0.25) is 0 Å². The van der Waals surface area contributed by atoms with Crippen molar-refractivity contribution in [2.24, 2.45) is 0 Å². The Morgan fingerprint density at radius 3 is 2.75 bits per heavy atom. The number of nitrogens with one attached hydrogen (secondary N) is 2. The zero-order chi connectivity index (χ0) is 13.9. The number of rotatable bonds is 3. The van der Waals surface area contributed by atoms with Crippen molar-refractivity contribution >= 4 is 22.5 Å². The third-order valence-corrected chi connectivity index (χ3v) is 3.45. The lowest BCUT2D eigenvalue weighted by atomic mass is 10.0. The van der Waals surface area contributed by atoms with Crippen molar-refractivity contribution in [3.8, 4) is 0 Å². The molecule has 0 saturated carbocycles. The minimum atomic E-state index is -0.216. The van der Waals surface area contributed by atoms with Crippen LogP contribution < -0.4 is 5.32 Å². The fourth-order valence-electron chi connectivity index (χ4n) is 2.22. The lowest BCUT2D eigenvalue weighted by Gasteiger charge is -2.11. The Morgan fingerprint density at radius 1 is 1.20 bits per heavy atom. The molecule has 0 aliphatic rings. The minimum absolute atomic E-state index is 0.0269. The van der Waals surface area contributed by atoms with Crippen LogP contribution in [0.25, 0.3) is 10.9 Å². The molecule has 0 spiro atoms. The fraction of sp³-hybridized carbons (Fsp3) is 0.125. The van der Waals surface area contributed by atoms with Crippen molar-refractivity contribution in [1.82, 2.24) is 9.97 Å². The number of aromatic amines is 1. The van der Waals surface area contributed by atoms with Crippen LogP contribution in [0.3, 0.4) is 0 Å². The second-order valence-electron chi connectivity index (χ2n) is 4.74. The van der Waals surface area contributed by atoms with Crippen LogP contribution >= 0.6 is 0 Å². The smallest absolute Gasteiger partial charge is 0.231 e. The zero-order valence-electron chi connectivity index (χ0n) is 11.1. The molecule has 1 atom stereocenters. The van der Waals surface area contributed by atoms with Gasteiger partial charge in [-0.05, 0) is 30.7 Å². The number of para-hydroxylation sites is 1. The van der Waals surface area contributed by atoms with Gasteiger partial charge in [-0.2, -0.15) is 0 Å². The summed E-state index contributed by atoms with van der Waals surface area (Å²) in [4.78, 5) is 19.4. The van der Waals surface area contributed by atoms with Gasteiger partial charge in [0.1, 0.15) is 0 Å². The maximum Gasteiger partial charge on any atom is 0.231 e. The molecule has 100 valence electrons. The summed E-state index contributed by atoms with van der Waals surface area (Å²) in [6.07, 6.45) is 5.22. The van der Waals surface area contributed by atoms with Crippen LogP contribution in [-0.2, 0) is 4.79 Å². The van der Waals surface area contributed by atoms with Gasteiger partial charge in [0.15, 0.2) is 0 Å². The average Bonchev–Trinajstić information content (AvgIpc) is 2.91. The standard InChI is InChI=1S/C16H15N3O/c1-11(12-6-8-17-9-7-12)16(20)19-15-10-18-14-5-3-2-4-13(14)15/h2-11,18H,1H3,(H,19,20). The van der Waals surface area contributed by atoms with Crippen molar-refractivity contribution in [3.63, 3.8) is 0 Å². The molecule has 0 aliphatic carbocycles. The molecule has 2 heterocycles. The van der Waals surface area contributed by atoms with E-state index in [1.807, 2.05) is 49.5 Å². The quantitative estimate of drug-likeness (QED) is 0.763. The molecule has 2 N–H and O–H groups in total. The number of amides is 1. The molecule has 1 unspecified atom stereocenters. The summed E-state index contributed by atoms with van der Waals surface area (Å²) in [5, 5.41) is 3.99. The Bertz CT molecular complexity index is 734. The van der Waals surface area contributed by atoms with E-state index < -0.39 is 0 Å². The number of hydrogen-bond donors (Lipinski definition) is 2. The largest absolute Gasteiger partial charge is 0.359 e. The highest BCUT2D eigenvalue weighted by atomic mass is 16.1. The van der Waals surface area contributed by atoms with E-state index in [9.17, 15) is 4.79 Å². The summed E-state index contributed by atoms with van der Waals surface area (Å²) in [6, 6.07) is 11.6. The van der Waals surface area contributed by atoms with E-state index in [0.29, 0.717) is 0 Å². The number of H-pyrrole nitrogens is 1. The van der Waals surface area contributed by atoms with Crippen molar-refractivity contribution in [1.29, 1.82) is 0 Å². The molecular weight excluding hydrogens is 250 g/mol. The van der Waals surface area contributed by atoms with Gasteiger partial charge in [0.25, 0.3) is 0 Å². The summed E-state index contributed by atoms with van der Waals surface area (Å²) in [5.74, 6) is -0.243. The Kier molecular flexibility index (Phi) is 3.21. The lowest BCUT2D eigenvalue weighted by molar-refractivity contribution is -0.117. The van der Waals surface area contributed by atoms with E-state index in [2.05, 4.69) is 15.3 Å². The van der Waals surface area contributed by atoms with Gasteiger partial charge in [-0.25, -0.2) is 0 Å². The summed E-state index contributed by atoms with van der Waals surface area (Å²) in [5.41, 5.74) is 2.78. The number of pyridine rings is 1. The highest BCUT2D eigenvalue weighted by molar-refractivity contribution is 6.03. The molecule has 1 amide bonds. The maximum atomic E-state index is 12.3. The Labute approximate surface area is 116 Å². The van der Waals surface area contributed by atoms with Gasteiger partial charge < -0.3 is 10.3 Å². The van der Waals surface area contributed by atoms with Gasteiger partial charge in [-0.15, -0.1) is 0 Å². The van der Waals surface area contributed by atoms with E-state index >= 15 is 0 Å². The third kappa shape index (κ3) is 2.28. The molecule has 0 saturated heterocycles. The van der Waals surface area contributed by atoms with E-state index in [1.54, 1.807) is 12.4 Å². The van der Waals surface area contributed by atoms with Crippen LogP contribution in [0.1, 0.15) is 18.4 Å². The minimum Gasteiger partial charge on any atom is -0.359 e. The number of nitrogens with zero attached hydrogens (tertiary/aromatic N) is 1. The molecule has 3 rings (SSSR count). The van der Waals surface area contributed by atoms with E-state index in [-0.39, 0.29) is 11.8 Å². The van der Waals surface area contributed by atoms with Gasteiger partial charge in [0.05, 0.1) is 11.6 Å². The molecule has 0 bridgehead atoms. The second kappa shape index (κ2) is 5.17. The average molecular weight is 265 g/mol. The monoisotopic (exact) mass is 265 g/mol. The number of carbonyl (C=O) groups is 1. The summed E-state index contributed by atoms with van der Waals surface area (Å²) < 4.78 is 0. The fourth-order valence-corrected chi connectivity index (χ4v) is 2.22. The summed E-state index contributed by atoms with van der Waals surface area (Å²) >= 11 is 0. The van der Waals surface area contributed by atoms with Crippen LogP contribution in [0, 0.1) is 0 Å².